The number of anilines is 1. The molecule has 0 aromatic heterocycles. The van der Waals surface area contributed by atoms with E-state index < -0.39 is 89.3 Å². The van der Waals surface area contributed by atoms with Crippen LogP contribution in [0.3, 0.4) is 0 Å². The number of rotatable bonds is 19. The Labute approximate surface area is 339 Å². The number of hydrogen-bond donors (Lipinski definition) is 6. The van der Waals surface area contributed by atoms with Crippen molar-refractivity contribution >= 4 is 65.2 Å². The fraction of sp³-hybridized carbons (Fsp3) is 0.474. The monoisotopic (exact) mass is 867 g/mol. The van der Waals surface area contributed by atoms with Gasteiger partial charge in [0, 0.05) is 71.7 Å². The van der Waals surface area contributed by atoms with Gasteiger partial charge in [-0.15, -0.1) is 0 Å². The second-order valence-corrected chi connectivity index (χ2v) is 19.9. The first kappa shape index (κ1) is 46.2. The van der Waals surface area contributed by atoms with Gasteiger partial charge in [0.2, 0.25) is 5.69 Å². The van der Waals surface area contributed by atoms with E-state index in [1.165, 1.54) is 12.1 Å². The minimum Gasteiger partial charge on any atom is -0.478 e. The zero-order valence-electron chi connectivity index (χ0n) is 33.0. The highest BCUT2D eigenvalue weighted by molar-refractivity contribution is 7.86. The highest BCUT2D eigenvalue weighted by atomic mass is 32.2. The molecule has 17 nitrogen and oxygen atoms in total. The number of carbonyl (C=O) groups is 3. The van der Waals surface area contributed by atoms with Crippen LogP contribution in [0.4, 0.5) is 11.4 Å². The molecule has 20 heteroatoms. The standard InChI is InChI=1S/C38H50N4O13S3/c1-6-7-8-18-42-29-24-25(34(43)39-16-21-57(50,51)52)23-27(35(44)40-17-22-58(53,54)55)33(29)38(4,5)31(42)15-10-14-30-37(2,3)32-26(36(45)46)12-9-13-28(32)41(30)19-11-20-56(47,48)49/h9-10,12-15,23-24H,6-8,11,16-22H2,1-5H3,(H5-,39,40,43,44,45,46,47,48,49,50,51,52,53,54,55)/p+1. The summed E-state index contributed by atoms with van der Waals surface area (Å²) in [5, 5.41) is 15.0. The smallest absolute Gasteiger partial charge is 0.336 e. The van der Waals surface area contributed by atoms with Crippen LogP contribution in [0, 0.1) is 0 Å². The summed E-state index contributed by atoms with van der Waals surface area (Å²) in [5.41, 5.74) is 1.72. The molecule has 2 aromatic carbocycles. The lowest BCUT2D eigenvalue weighted by Crippen LogP contribution is -2.32. The van der Waals surface area contributed by atoms with E-state index in [0.29, 0.717) is 46.9 Å². The maximum absolute atomic E-state index is 13.8. The third-order valence-electron chi connectivity index (χ3n) is 10.2. The van der Waals surface area contributed by atoms with Crippen molar-refractivity contribution in [1.82, 2.24) is 10.6 Å². The number of carboxylic acid groups (broad SMARTS) is 1. The van der Waals surface area contributed by atoms with E-state index in [0.717, 1.165) is 12.8 Å². The third-order valence-corrected chi connectivity index (χ3v) is 12.4. The number of allylic oxidation sites excluding steroid dienone is 4. The predicted molar refractivity (Wildman–Crippen MR) is 218 cm³/mol. The summed E-state index contributed by atoms with van der Waals surface area (Å²) in [6.45, 7) is 9.20. The molecule has 4 rings (SSSR count). The van der Waals surface area contributed by atoms with Crippen molar-refractivity contribution in [1.29, 1.82) is 0 Å². The molecule has 6 N–H and O–H groups in total. The average molecular weight is 868 g/mol. The van der Waals surface area contributed by atoms with Crippen LogP contribution in [0.25, 0.3) is 0 Å². The van der Waals surface area contributed by atoms with E-state index >= 15 is 0 Å². The topological polar surface area (TPSA) is 265 Å². The number of hydrogen-bond acceptors (Lipinski definition) is 10. The Kier molecular flexibility index (Phi) is 14.2. The summed E-state index contributed by atoms with van der Waals surface area (Å²) in [6, 6.07) is 7.74. The first-order chi connectivity index (χ1) is 26.8. The van der Waals surface area contributed by atoms with Gasteiger partial charge in [0.25, 0.3) is 42.2 Å². The number of carbonyl (C=O) groups excluding carboxylic acids is 2. The number of nitrogens with zero attached hydrogens (tertiary/aromatic N) is 2. The van der Waals surface area contributed by atoms with Gasteiger partial charge in [-0.05, 0) is 44.5 Å². The van der Waals surface area contributed by atoms with E-state index in [1.807, 2.05) is 50.2 Å². The maximum atomic E-state index is 13.8. The summed E-state index contributed by atoms with van der Waals surface area (Å²) in [5.74, 6) is -4.63. The number of aromatic carboxylic acids is 1. The van der Waals surface area contributed by atoms with Crippen molar-refractivity contribution in [3.63, 3.8) is 0 Å². The Morgan fingerprint density at radius 2 is 1.38 bits per heavy atom. The van der Waals surface area contributed by atoms with Gasteiger partial charge in [-0.3, -0.25) is 23.2 Å². The van der Waals surface area contributed by atoms with E-state index in [-0.39, 0.29) is 29.7 Å². The molecule has 0 aliphatic carbocycles. The summed E-state index contributed by atoms with van der Waals surface area (Å²) in [4.78, 5) is 41.5. The minimum absolute atomic E-state index is 0.0158. The molecule has 58 heavy (non-hydrogen) atoms. The molecule has 0 saturated carbocycles. The molecule has 0 radical (unpaired) electrons. The molecule has 2 aromatic rings. The van der Waals surface area contributed by atoms with Crippen molar-refractivity contribution in [3.8, 4) is 0 Å². The molecule has 2 amide bonds. The van der Waals surface area contributed by atoms with Gasteiger partial charge in [0.05, 0.1) is 33.8 Å². The van der Waals surface area contributed by atoms with Gasteiger partial charge in [0.15, 0.2) is 5.71 Å². The Balaban J connectivity index is 1.89. The fourth-order valence-corrected chi connectivity index (χ4v) is 8.83. The fourth-order valence-electron chi connectivity index (χ4n) is 7.62. The van der Waals surface area contributed by atoms with E-state index in [1.54, 1.807) is 30.4 Å². The van der Waals surface area contributed by atoms with Gasteiger partial charge < -0.3 is 20.6 Å². The molecule has 0 atom stereocenters. The van der Waals surface area contributed by atoms with Crippen LogP contribution in [0.15, 0.2) is 54.3 Å². The molecule has 0 saturated heterocycles. The number of carboxylic acids is 1. The summed E-state index contributed by atoms with van der Waals surface area (Å²) in [7, 11) is -13.1. The van der Waals surface area contributed by atoms with Crippen LogP contribution in [-0.4, -0.2) is 116 Å². The average Bonchev–Trinajstić information content (AvgIpc) is 3.44. The second-order valence-electron chi connectivity index (χ2n) is 15.2. The van der Waals surface area contributed by atoms with Gasteiger partial charge in [-0.25, -0.2) is 4.79 Å². The van der Waals surface area contributed by atoms with Crippen molar-refractivity contribution < 1.29 is 63.0 Å². The largest absolute Gasteiger partial charge is 0.478 e. The molecule has 318 valence electrons. The van der Waals surface area contributed by atoms with E-state index in [2.05, 4.69) is 10.6 Å². The minimum atomic E-state index is -4.42. The first-order valence-corrected chi connectivity index (χ1v) is 23.4. The lowest BCUT2D eigenvalue weighted by Gasteiger charge is -2.27. The van der Waals surface area contributed by atoms with Crippen LogP contribution in [0.1, 0.15) is 103 Å². The Morgan fingerprint density at radius 3 is 1.95 bits per heavy atom. The molecule has 2 heterocycles. The SMILES string of the molecule is CCCCCN1/C(=C/C=C/C2=[N+](CCCS(=O)(=O)O)c3cccc(C(=O)O)c3C2(C)C)C(C)(C)c2c(C(=O)NCCS(=O)(=O)O)cc(C(=O)NCCS(=O)(=O)O)cc21. The Hall–Kier alpha value is -4.47. The maximum Gasteiger partial charge on any atom is 0.336 e. The van der Waals surface area contributed by atoms with Crippen LogP contribution in [0.5, 0.6) is 0 Å². The summed E-state index contributed by atoms with van der Waals surface area (Å²) >= 11 is 0. The van der Waals surface area contributed by atoms with Crippen molar-refractivity contribution in [2.45, 2.75) is 71.1 Å². The zero-order chi connectivity index (χ0) is 43.4. The van der Waals surface area contributed by atoms with E-state index in [4.69, 9.17) is 4.55 Å². The Bertz CT molecular complexity index is 2400. The van der Waals surface area contributed by atoms with Crippen molar-refractivity contribution in [2.75, 3.05) is 48.3 Å². The number of benzene rings is 2. The highest BCUT2D eigenvalue weighted by Crippen LogP contribution is 2.50. The van der Waals surface area contributed by atoms with E-state index in [9.17, 15) is 53.8 Å². The molecular weight excluding hydrogens is 817 g/mol. The molecule has 2 aliphatic rings. The lowest BCUT2D eigenvalue weighted by atomic mass is 9.78. The highest BCUT2D eigenvalue weighted by Gasteiger charge is 2.47. The third kappa shape index (κ3) is 11.0. The summed E-state index contributed by atoms with van der Waals surface area (Å²) < 4.78 is 98.4. The van der Waals surface area contributed by atoms with Crippen LogP contribution in [-0.2, 0) is 41.2 Å². The predicted octanol–water partition coefficient (Wildman–Crippen LogP) is 3.70. The summed E-state index contributed by atoms with van der Waals surface area (Å²) in [6.07, 6.45) is 7.85. The second kappa shape index (κ2) is 17.8. The van der Waals surface area contributed by atoms with Crippen molar-refractivity contribution in [2.24, 2.45) is 0 Å². The van der Waals surface area contributed by atoms with Gasteiger partial charge in [0.1, 0.15) is 6.54 Å². The Morgan fingerprint density at radius 1 is 0.776 bits per heavy atom. The molecular formula is C38H51N4O13S3+. The van der Waals surface area contributed by atoms with Gasteiger partial charge in [-0.2, -0.15) is 29.8 Å². The number of nitrogens with one attached hydrogen (secondary N) is 2. The molecule has 0 fully saturated rings. The molecule has 0 unspecified atom stereocenters. The van der Waals surface area contributed by atoms with Crippen LogP contribution in [0.2, 0.25) is 0 Å². The normalized spacial score (nSPS) is 16.8. The van der Waals surface area contributed by atoms with Crippen molar-refractivity contribution in [3.05, 3.63) is 82.1 Å². The van der Waals surface area contributed by atoms with Gasteiger partial charge >= 0.3 is 5.97 Å². The van der Waals surface area contributed by atoms with Gasteiger partial charge in [-0.1, -0.05) is 45.8 Å². The van der Waals surface area contributed by atoms with Crippen LogP contribution < -0.4 is 15.5 Å². The lowest BCUT2D eigenvalue weighted by molar-refractivity contribution is -0.437. The van der Waals surface area contributed by atoms with Crippen LogP contribution >= 0.6 is 0 Å². The first-order valence-electron chi connectivity index (χ1n) is 18.6. The quantitative estimate of drug-likeness (QED) is 0.0668. The molecule has 0 spiro atoms. The molecule has 2 aliphatic heterocycles. The zero-order valence-corrected chi connectivity index (χ0v) is 35.4. The number of unbranched alkanes of at least 4 members (excludes halogenated alkanes) is 2. The molecule has 0 bridgehead atoms. The number of fused-ring (bicyclic) bond motifs is 2. The number of amides is 2.